The highest BCUT2D eigenvalue weighted by molar-refractivity contribution is 5.89. The third kappa shape index (κ3) is 3.73. The number of methoxy groups -OCH3 is 1. The van der Waals surface area contributed by atoms with Crippen LogP contribution in [0.1, 0.15) is 41.0 Å². The van der Waals surface area contributed by atoms with E-state index in [0.29, 0.717) is 11.5 Å². The lowest BCUT2D eigenvalue weighted by Gasteiger charge is -2.30. The first-order valence-corrected chi connectivity index (χ1v) is 8.71. The number of rotatable bonds is 5. The summed E-state index contributed by atoms with van der Waals surface area (Å²) in [5.41, 5.74) is 4.07. The molecule has 0 radical (unpaired) electrons. The van der Waals surface area contributed by atoms with E-state index in [1.54, 1.807) is 0 Å². The van der Waals surface area contributed by atoms with Crippen molar-refractivity contribution in [1.29, 1.82) is 0 Å². The molecule has 0 atom stereocenters. The fourth-order valence-corrected chi connectivity index (χ4v) is 3.06. The molecule has 6 nitrogen and oxygen atoms in total. The number of benzene rings is 1. The molecule has 1 aromatic heterocycles. The van der Waals surface area contributed by atoms with Crippen LogP contribution in [0.25, 0.3) is 0 Å². The van der Waals surface area contributed by atoms with Gasteiger partial charge in [-0.3, -0.25) is 0 Å². The van der Waals surface area contributed by atoms with Crippen molar-refractivity contribution in [3.63, 3.8) is 0 Å². The van der Waals surface area contributed by atoms with Gasteiger partial charge < -0.3 is 15.0 Å². The molecule has 132 valence electrons. The number of hydrogen-bond acceptors (Lipinski definition) is 6. The fraction of sp³-hybridized carbons (Fsp3) is 0.421. The summed E-state index contributed by atoms with van der Waals surface area (Å²) in [5, 5.41) is 3.21. The monoisotopic (exact) mass is 340 g/mol. The smallest absolute Gasteiger partial charge is 0.337 e. The standard InChI is InChI=1S/C19H24N4O2/c1-4-16-11-17(22-19(21-16)20-5-2)23-9-8-13-10-14(18(24)25-3)6-7-15(13)12-23/h6-7,10-11H,4-5,8-9,12H2,1-3H3,(H,20,21,22). The molecule has 1 aliphatic heterocycles. The van der Waals surface area contributed by atoms with E-state index in [1.165, 1.54) is 18.2 Å². The number of carbonyl (C=O) groups is 1. The van der Waals surface area contributed by atoms with Gasteiger partial charge in [0.15, 0.2) is 0 Å². The molecule has 0 bridgehead atoms. The number of carbonyl (C=O) groups excluding carboxylic acids is 1. The predicted molar refractivity (Wildman–Crippen MR) is 98.1 cm³/mol. The second-order valence-corrected chi connectivity index (χ2v) is 6.07. The van der Waals surface area contributed by atoms with Gasteiger partial charge in [-0.15, -0.1) is 0 Å². The van der Waals surface area contributed by atoms with Gasteiger partial charge in [0.1, 0.15) is 5.82 Å². The van der Waals surface area contributed by atoms with Crippen LogP contribution in [0.2, 0.25) is 0 Å². The van der Waals surface area contributed by atoms with Crippen molar-refractivity contribution in [1.82, 2.24) is 9.97 Å². The minimum Gasteiger partial charge on any atom is -0.465 e. The number of ether oxygens (including phenoxy) is 1. The molecule has 1 aromatic carbocycles. The van der Waals surface area contributed by atoms with Crippen LogP contribution in [0.3, 0.4) is 0 Å². The van der Waals surface area contributed by atoms with Gasteiger partial charge in [-0.25, -0.2) is 9.78 Å². The lowest BCUT2D eigenvalue weighted by Crippen LogP contribution is -2.31. The quantitative estimate of drug-likeness (QED) is 0.844. The average Bonchev–Trinajstić information content (AvgIpc) is 2.66. The van der Waals surface area contributed by atoms with Gasteiger partial charge in [-0.1, -0.05) is 13.0 Å². The van der Waals surface area contributed by atoms with Crippen molar-refractivity contribution >= 4 is 17.7 Å². The molecule has 1 N–H and O–H groups in total. The summed E-state index contributed by atoms with van der Waals surface area (Å²) in [5.74, 6) is 1.35. The van der Waals surface area contributed by atoms with Crippen LogP contribution in [0, 0.1) is 0 Å². The van der Waals surface area contributed by atoms with Crippen LogP contribution in [-0.4, -0.2) is 36.1 Å². The molecule has 6 heteroatoms. The Kier molecular flexibility index (Phi) is 5.16. The second kappa shape index (κ2) is 7.51. The minimum absolute atomic E-state index is 0.288. The zero-order valence-electron chi connectivity index (χ0n) is 15.0. The zero-order valence-corrected chi connectivity index (χ0v) is 15.0. The normalized spacial score (nSPS) is 13.3. The van der Waals surface area contributed by atoms with Crippen LogP contribution in [0.4, 0.5) is 11.8 Å². The van der Waals surface area contributed by atoms with E-state index in [2.05, 4.69) is 33.2 Å². The van der Waals surface area contributed by atoms with E-state index in [9.17, 15) is 4.79 Å². The number of nitrogens with zero attached hydrogens (tertiary/aromatic N) is 3. The highest BCUT2D eigenvalue weighted by Gasteiger charge is 2.20. The van der Waals surface area contributed by atoms with Gasteiger partial charge in [0, 0.05) is 31.4 Å². The van der Waals surface area contributed by atoms with Crippen LogP contribution in [0.5, 0.6) is 0 Å². The maximum Gasteiger partial charge on any atom is 0.337 e. The van der Waals surface area contributed by atoms with Crippen LogP contribution in [-0.2, 0) is 24.1 Å². The average molecular weight is 340 g/mol. The van der Waals surface area contributed by atoms with Gasteiger partial charge in [0.25, 0.3) is 0 Å². The lowest BCUT2D eigenvalue weighted by molar-refractivity contribution is 0.0600. The van der Waals surface area contributed by atoms with Crippen molar-refractivity contribution in [3.05, 3.63) is 46.6 Å². The topological polar surface area (TPSA) is 67.4 Å². The maximum absolute atomic E-state index is 11.7. The molecule has 0 aliphatic carbocycles. The van der Waals surface area contributed by atoms with Gasteiger partial charge >= 0.3 is 5.97 Å². The Balaban J connectivity index is 1.85. The van der Waals surface area contributed by atoms with E-state index in [4.69, 9.17) is 4.74 Å². The molecule has 25 heavy (non-hydrogen) atoms. The molecule has 0 fully saturated rings. The van der Waals surface area contributed by atoms with Crippen molar-refractivity contribution in [2.75, 3.05) is 30.4 Å². The number of anilines is 2. The number of hydrogen-bond donors (Lipinski definition) is 1. The summed E-state index contributed by atoms with van der Waals surface area (Å²) in [6, 6.07) is 7.85. The SMILES string of the molecule is CCNc1nc(CC)cc(N2CCc3cc(C(=O)OC)ccc3C2)n1. The van der Waals surface area contributed by atoms with Crippen LogP contribution < -0.4 is 10.2 Å². The van der Waals surface area contributed by atoms with Gasteiger partial charge in [-0.05, 0) is 43.0 Å². The summed E-state index contributed by atoms with van der Waals surface area (Å²) in [6.45, 7) is 6.58. The predicted octanol–water partition coefficient (Wildman–Crippen LogP) is 2.82. The third-order valence-electron chi connectivity index (χ3n) is 4.43. The molecule has 0 saturated heterocycles. The Morgan fingerprint density at radius 3 is 2.80 bits per heavy atom. The summed E-state index contributed by atoms with van der Waals surface area (Å²) < 4.78 is 4.81. The van der Waals surface area contributed by atoms with Gasteiger partial charge in [-0.2, -0.15) is 4.98 Å². The third-order valence-corrected chi connectivity index (χ3v) is 4.43. The minimum atomic E-state index is -0.288. The van der Waals surface area contributed by atoms with Gasteiger partial charge in [0.2, 0.25) is 5.95 Å². The number of aryl methyl sites for hydroxylation is 1. The summed E-state index contributed by atoms with van der Waals surface area (Å²) >= 11 is 0. The first-order valence-electron chi connectivity index (χ1n) is 8.71. The molecule has 2 aromatic rings. The summed E-state index contributed by atoms with van der Waals surface area (Å²) in [4.78, 5) is 23.1. The molecule has 3 rings (SSSR count). The zero-order chi connectivity index (χ0) is 17.8. The Labute approximate surface area is 148 Å². The molecule has 1 aliphatic rings. The van der Waals surface area contributed by atoms with Crippen molar-refractivity contribution in [3.8, 4) is 0 Å². The molecular weight excluding hydrogens is 316 g/mol. The van der Waals surface area contributed by atoms with E-state index in [1.807, 2.05) is 25.1 Å². The summed E-state index contributed by atoms with van der Waals surface area (Å²) in [6.07, 6.45) is 1.75. The number of esters is 1. The summed E-state index contributed by atoms with van der Waals surface area (Å²) in [7, 11) is 1.41. The Morgan fingerprint density at radius 1 is 1.24 bits per heavy atom. The van der Waals surface area contributed by atoms with Crippen molar-refractivity contribution in [2.24, 2.45) is 0 Å². The van der Waals surface area contributed by atoms with E-state index in [-0.39, 0.29) is 5.97 Å². The molecule has 0 amide bonds. The Hall–Kier alpha value is -2.63. The van der Waals surface area contributed by atoms with Crippen molar-refractivity contribution in [2.45, 2.75) is 33.2 Å². The number of fused-ring (bicyclic) bond motifs is 1. The number of aromatic nitrogens is 2. The molecule has 0 saturated carbocycles. The van der Waals surface area contributed by atoms with E-state index in [0.717, 1.165) is 44.0 Å². The fourth-order valence-electron chi connectivity index (χ4n) is 3.06. The molecule has 0 unspecified atom stereocenters. The van der Waals surface area contributed by atoms with E-state index >= 15 is 0 Å². The van der Waals surface area contributed by atoms with Crippen molar-refractivity contribution < 1.29 is 9.53 Å². The Bertz CT molecular complexity index is 776. The second-order valence-electron chi connectivity index (χ2n) is 6.07. The van der Waals surface area contributed by atoms with E-state index < -0.39 is 0 Å². The first kappa shape index (κ1) is 17.2. The van der Waals surface area contributed by atoms with Crippen LogP contribution in [0.15, 0.2) is 24.3 Å². The Morgan fingerprint density at radius 2 is 2.08 bits per heavy atom. The first-order chi connectivity index (χ1) is 12.1. The largest absolute Gasteiger partial charge is 0.465 e. The highest BCUT2D eigenvalue weighted by atomic mass is 16.5. The maximum atomic E-state index is 11.7. The lowest BCUT2D eigenvalue weighted by atomic mass is 9.97. The molecule has 0 spiro atoms. The highest BCUT2D eigenvalue weighted by Crippen LogP contribution is 2.25. The van der Waals surface area contributed by atoms with Gasteiger partial charge in [0.05, 0.1) is 12.7 Å². The van der Waals surface area contributed by atoms with Crippen LogP contribution >= 0.6 is 0 Å². The molecular formula is C19H24N4O2. The molecule has 2 heterocycles. The number of nitrogens with one attached hydrogen (secondary N) is 1.